The number of aliphatic hydroxyl groups excluding tert-OH is 1. The summed E-state index contributed by atoms with van der Waals surface area (Å²) in [6.45, 7) is 1.43. The van der Waals surface area contributed by atoms with E-state index in [9.17, 15) is 9.90 Å². The van der Waals surface area contributed by atoms with Crippen LogP contribution < -0.4 is 0 Å². The topological polar surface area (TPSA) is 53.4 Å². The number of amides is 1. The van der Waals surface area contributed by atoms with Crippen molar-refractivity contribution < 1.29 is 9.90 Å². The van der Waals surface area contributed by atoms with Crippen molar-refractivity contribution in [2.24, 2.45) is 5.92 Å². The molecule has 1 aromatic carbocycles. The summed E-state index contributed by atoms with van der Waals surface area (Å²) in [7, 11) is 0. The molecule has 0 radical (unpaired) electrons. The van der Waals surface area contributed by atoms with Crippen molar-refractivity contribution in [1.82, 2.24) is 9.88 Å². The lowest BCUT2D eigenvalue weighted by molar-refractivity contribution is -0.132. The molecule has 0 spiro atoms. The highest BCUT2D eigenvalue weighted by Gasteiger charge is 2.28. The summed E-state index contributed by atoms with van der Waals surface area (Å²) < 4.78 is 0. The van der Waals surface area contributed by atoms with Gasteiger partial charge in [0.1, 0.15) is 0 Å². The zero-order valence-electron chi connectivity index (χ0n) is 13.1. The van der Waals surface area contributed by atoms with Crippen molar-refractivity contribution in [1.29, 1.82) is 0 Å². The van der Waals surface area contributed by atoms with E-state index in [1.165, 1.54) is 0 Å². The third kappa shape index (κ3) is 3.96. The minimum Gasteiger partial charge on any atom is -0.388 e. The van der Waals surface area contributed by atoms with Crippen molar-refractivity contribution in [3.8, 4) is 0 Å². The van der Waals surface area contributed by atoms with Gasteiger partial charge < -0.3 is 10.0 Å². The van der Waals surface area contributed by atoms with E-state index in [0.717, 1.165) is 24.0 Å². The first-order valence-electron chi connectivity index (χ1n) is 8.14. The number of carbonyl (C=O) groups is 1. The molecule has 1 atom stereocenters. The van der Waals surface area contributed by atoms with Gasteiger partial charge in [-0.1, -0.05) is 36.4 Å². The van der Waals surface area contributed by atoms with E-state index in [-0.39, 0.29) is 11.8 Å². The Balaban J connectivity index is 1.53. The molecule has 1 amide bonds. The summed E-state index contributed by atoms with van der Waals surface area (Å²) in [6, 6.07) is 13.6. The minimum atomic E-state index is -0.438. The smallest absolute Gasteiger partial charge is 0.227 e. The summed E-state index contributed by atoms with van der Waals surface area (Å²) in [5, 5.41) is 10.5. The SMILES string of the molecule is O=C(Cc1cccnc1)N1CCC(C(O)c2ccccc2)CC1. The van der Waals surface area contributed by atoms with Crippen LogP contribution in [-0.2, 0) is 11.2 Å². The summed E-state index contributed by atoms with van der Waals surface area (Å²) in [5.41, 5.74) is 1.91. The standard InChI is InChI=1S/C19H22N2O2/c22-18(13-15-5-4-10-20-14-15)21-11-8-17(9-12-21)19(23)16-6-2-1-3-7-16/h1-7,10,14,17,19,23H,8-9,11-13H2. The van der Waals surface area contributed by atoms with Crippen molar-refractivity contribution in [3.05, 3.63) is 66.0 Å². The van der Waals surface area contributed by atoms with Gasteiger partial charge in [0, 0.05) is 25.5 Å². The molecule has 2 aromatic rings. The highest BCUT2D eigenvalue weighted by molar-refractivity contribution is 5.78. The van der Waals surface area contributed by atoms with Gasteiger partial charge in [-0.3, -0.25) is 9.78 Å². The van der Waals surface area contributed by atoms with Gasteiger partial charge in [0.15, 0.2) is 0 Å². The second kappa shape index (κ2) is 7.38. The molecule has 1 aliphatic rings. The van der Waals surface area contributed by atoms with Crippen LogP contribution in [0.4, 0.5) is 0 Å². The van der Waals surface area contributed by atoms with E-state index < -0.39 is 6.10 Å². The Morgan fingerprint density at radius 1 is 1.17 bits per heavy atom. The first kappa shape index (κ1) is 15.7. The predicted octanol–water partition coefficient (Wildman–Crippen LogP) is 2.60. The fourth-order valence-electron chi connectivity index (χ4n) is 3.18. The molecule has 1 unspecified atom stereocenters. The van der Waals surface area contributed by atoms with Crippen LogP contribution in [0.25, 0.3) is 0 Å². The van der Waals surface area contributed by atoms with Crippen LogP contribution in [0.1, 0.15) is 30.1 Å². The summed E-state index contributed by atoms with van der Waals surface area (Å²) >= 11 is 0. The van der Waals surface area contributed by atoms with Crippen molar-refractivity contribution >= 4 is 5.91 Å². The first-order chi connectivity index (χ1) is 11.2. The number of piperidine rings is 1. The van der Waals surface area contributed by atoms with Gasteiger partial charge in [0.05, 0.1) is 12.5 Å². The first-order valence-corrected chi connectivity index (χ1v) is 8.14. The largest absolute Gasteiger partial charge is 0.388 e. The molecule has 120 valence electrons. The van der Waals surface area contributed by atoms with Crippen LogP contribution in [-0.4, -0.2) is 34.0 Å². The summed E-state index contributed by atoms with van der Waals surface area (Å²) in [5.74, 6) is 0.366. The molecule has 1 fully saturated rings. The maximum absolute atomic E-state index is 12.3. The van der Waals surface area contributed by atoms with E-state index >= 15 is 0 Å². The van der Waals surface area contributed by atoms with Gasteiger partial charge in [-0.05, 0) is 36.0 Å². The van der Waals surface area contributed by atoms with Crippen LogP contribution in [0.5, 0.6) is 0 Å². The molecule has 0 aliphatic carbocycles. The molecular weight excluding hydrogens is 288 g/mol. The molecule has 3 rings (SSSR count). The Labute approximate surface area is 136 Å². The maximum atomic E-state index is 12.3. The molecule has 4 heteroatoms. The van der Waals surface area contributed by atoms with Crippen molar-refractivity contribution in [3.63, 3.8) is 0 Å². The third-order valence-electron chi connectivity index (χ3n) is 4.56. The average molecular weight is 310 g/mol. The molecule has 1 N–H and O–H groups in total. The van der Waals surface area contributed by atoms with Gasteiger partial charge in [0.25, 0.3) is 0 Å². The highest BCUT2D eigenvalue weighted by atomic mass is 16.3. The lowest BCUT2D eigenvalue weighted by Gasteiger charge is -2.34. The summed E-state index contributed by atoms with van der Waals surface area (Å²) in [4.78, 5) is 18.3. The lowest BCUT2D eigenvalue weighted by atomic mass is 9.87. The molecule has 1 aromatic heterocycles. The number of likely N-dealkylation sites (tertiary alicyclic amines) is 1. The fourth-order valence-corrected chi connectivity index (χ4v) is 3.18. The predicted molar refractivity (Wildman–Crippen MR) is 88.6 cm³/mol. The number of hydrogen-bond acceptors (Lipinski definition) is 3. The Bertz CT molecular complexity index is 622. The number of aliphatic hydroxyl groups is 1. The zero-order valence-corrected chi connectivity index (χ0v) is 13.1. The molecular formula is C19H22N2O2. The monoisotopic (exact) mass is 310 g/mol. The summed E-state index contributed by atoms with van der Waals surface area (Å²) in [6.07, 6.45) is 5.10. The van der Waals surface area contributed by atoms with Gasteiger partial charge in [0.2, 0.25) is 5.91 Å². The molecule has 2 heterocycles. The van der Waals surface area contributed by atoms with Crippen LogP contribution in [0, 0.1) is 5.92 Å². The maximum Gasteiger partial charge on any atom is 0.227 e. The number of nitrogens with zero attached hydrogens (tertiary/aromatic N) is 2. The number of rotatable bonds is 4. The molecule has 0 bridgehead atoms. The van der Waals surface area contributed by atoms with Gasteiger partial charge in [-0.25, -0.2) is 0 Å². The van der Waals surface area contributed by atoms with E-state index in [0.29, 0.717) is 19.5 Å². The Hall–Kier alpha value is -2.20. The Morgan fingerprint density at radius 3 is 2.57 bits per heavy atom. The number of aromatic nitrogens is 1. The second-order valence-corrected chi connectivity index (χ2v) is 6.11. The average Bonchev–Trinajstić information content (AvgIpc) is 2.63. The van der Waals surface area contributed by atoms with Crippen LogP contribution in [0.2, 0.25) is 0 Å². The van der Waals surface area contributed by atoms with Crippen LogP contribution >= 0.6 is 0 Å². The van der Waals surface area contributed by atoms with Crippen LogP contribution in [0.15, 0.2) is 54.9 Å². The van der Waals surface area contributed by atoms with Gasteiger partial charge >= 0.3 is 0 Å². The number of pyridine rings is 1. The Morgan fingerprint density at radius 2 is 1.91 bits per heavy atom. The number of carbonyl (C=O) groups excluding carboxylic acids is 1. The lowest BCUT2D eigenvalue weighted by Crippen LogP contribution is -2.40. The van der Waals surface area contributed by atoms with Gasteiger partial charge in [-0.2, -0.15) is 0 Å². The quantitative estimate of drug-likeness (QED) is 0.944. The molecule has 1 saturated heterocycles. The molecule has 1 aliphatic heterocycles. The van der Waals surface area contributed by atoms with Crippen molar-refractivity contribution in [2.75, 3.05) is 13.1 Å². The van der Waals surface area contributed by atoms with Crippen LogP contribution in [0.3, 0.4) is 0 Å². The minimum absolute atomic E-state index is 0.144. The van der Waals surface area contributed by atoms with Crippen molar-refractivity contribution in [2.45, 2.75) is 25.4 Å². The third-order valence-corrected chi connectivity index (χ3v) is 4.56. The zero-order chi connectivity index (χ0) is 16.1. The normalized spacial score (nSPS) is 17.0. The fraction of sp³-hybridized carbons (Fsp3) is 0.368. The highest BCUT2D eigenvalue weighted by Crippen LogP contribution is 2.30. The Kier molecular flexibility index (Phi) is 5.03. The van der Waals surface area contributed by atoms with Gasteiger partial charge in [-0.15, -0.1) is 0 Å². The van der Waals surface area contributed by atoms with E-state index in [2.05, 4.69) is 4.98 Å². The second-order valence-electron chi connectivity index (χ2n) is 6.11. The number of hydrogen-bond donors (Lipinski definition) is 1. The number of benzene rings is 1. The van der Waals surface area contributed by atoms with E-state index in [1.54, 1.807) is 12.4 Å². The molecule has 4 nitrogen and oxygen atoms in total. The van der Waals surface area contributed by atoms with E-state index in [4.69, 9.17) is 0 Å². The molecule has 23 heavy (non-hydrogen) atoms. The van der Waals surface area contributed by atoms with E-state index in [1.807, 2.05) is 47.4 Å². The molecule has 0 saturated carbocycles.